The van der Waals surface area contributed by atoms with Gasteiger partial charge < -0.3 is 9.47 Å². The summed E-state index contributed by atoms with van der Waals surface area (Å²) in [4.78, 5) is 25.9. The number of carbonyl (C=O) groups excluding carboxylic acids is 2. The van der Waals surface area contributed by atoms with Crippen LogP contribution in [0.3, 0.4) is 0 Å². The van der Waals surface area contributed by atoms with Gasteiger partial charge in [0.25, 0.3) is 0 Å². The van der Waals surface area contributed by atoms with E-state index in [0.717, 1.165) is 22.2 Å². The summed E-state index contributed by atoms with van der Waals surface area (Å²) in [6, 6.07) is 17.0. The Labute approximate surface area is 151 Å². The van der Waals surface area contributed by atoms with Crippen LogP contribution < -0.4 is 4.74 Å². The predicted octanol–water partition coefficient (Wildman–Crippen LogP) is 3.64. The van der Waals surface area contributed by atoms with E-state index in [1.54, 1.807) is 17.9 Å². The molecule has 1 fully saturated rings. The molecule has 1 saturated carbocycles. The van der Waals surface area contributed by atoms with E-state index in [-0.39, 0.29) is 11.8 Å². The summed E-state index contributed by atoms with van der Waals surface area (Å²) in [5, 5.41) is 0.961. The monoisotopic (exact) mass is 349 g/mol. The zero-order valence-electron chi connectivity index (χ0n) is 14.6. The third-order valence-corrected chi connectivity index (χ3v) is 5.23. The molecule has 1 aromatic heterocycles. The third kappa shape index (κ3) is 2.31. The van der Waals surface area contributed by atoms with Crippen LogP contribution in [-0.4, -0.2) is 30.7 Å². The van der Waals surface area contributed by atoms with Gasteiger partial charge in [0.1, 0.15) is 5.75 Å². The third-order valence-electron chi connectivity index (χ3n) is 5.23. The average molecular weight is 349 g/mol. The van der Waals surface area contributed by atoms with Crippen molar-refractivity contribution in [3.8, 4) is 5.75 Å². The molecule has 2 aromatic carbocycles. The standard InChI is InChI=1S/C21H19NO4/c1-25-16-9-7-14(8-10-16)17-13-21(17,20(24)26-2)19(23)22-12-11-15-5-3-4-6-18(15)22/h3-12,17H,13H2,1-2H3. The molecule has 0 bridgehead atoms. The van der Waals surface area contributed by atoms with Crippen LogP contribution in [0.2, 0.25) is 0 Å². The van der Waals surface area contributed by atoms with E-state index in [1.807, 2.05) is 54.6 Å². The number of benzene rings is 2. The Bertz CT molecular complexity index is 989. The van der Waals surface area contributed by atoms with Crippen molar-refractivity contribution in [2.75, 3.05) is 14.2 Å². The van der Waals surface area contributed by atoms with E-state index in [9.17, 15) is 9.59 Å². The van der Waals surface area contributed by atoms with Gasteiger partial charge >= 0.3 is 5.97 Å². The Morgan fingerprint density at radius 3 is 2.46 bits per heavy atom. The van der Waals surface area contributed by atoms with E-state index in [0.29, 0.717) is 6.42 Å². The van der Waals surface area contributed by atoms with Gasteiger partial charge in [-0.25, -0.2) is 0 Å². The fourth-order valence-corrected chi connectivity index (χ4v) is 3.71. The molecule has 132 valence electrons. The van der Waals surface area contributed by atoms with Crippen LogP contribution in [0.15, 0.2) is 60.8 Å². The van der Waals surface area contributed by atoms with Gasteiger partial charge in [0.05, 0.1) is 19.7 Å². The van der Waals surface area contributed by atoms with Crippen LogP contribution in [0.25, 0.3) is 10.9 Å². The van der Waals surface area contributed by atoms with Gasteiger partial charge in [-0.3, -0.25) is 14.2 Å². The first-order valence-electron chi connectivity index (χ1n) is 8.45. The van der Waals surface area contributed by atoms with E-state index >= 15 is 0 Å². The van der Waals surface area contributed by atoms with Crippen LogP contribution >= 0.6 is 0 Å². The lowest BCUT2D eigenvalue weighted by Gasteiger charge is -2.15. The highest BCUT2D eigenvalue weighted by Gasteiger charge is 2.67. The lowest BCUT2D eigenvalue weighted by molar-refractivity contribution is -0.145. The summed E-state index contributed by atoms with van der Waals surface area (Å²) in [7, 11) is 2.93. The first-order chi connectivity index (χ1) is 12.6. The first kappa shape index (κ1) is 16.4. The van der Waals surface area contributed by atoms with Crippen LogP contribution in [0.5, 0.6) is 5.75 Å². The number of para-hydroxylation sites is 1. The summed E-state index contributed by atoms with van der Waals surface area (Å²) < 4.78 is 11.8. The Morgan fingerprint density at radius 1 is 1.04 bits per heavy atom. The number of nitrogens with zero attached hydrogens (tertiary/aromatic N) is 1. The molecule has 1 aliphatic carbocycles. The molecular formula is C21H19NO4. The second-order valence-corrected chi connectivity index (χ2v) is 6.54. The average Bonchev–Trinajstić information content (AvgIpc) is 3.31. The van der Waals surface area contributed by atoms with Crippen molar-refractivity contribution in [1.82, 2.24) is 4.57 Å². The summed E-state index contributed by atoms with van der Waals surface area (Å²) in [6.07, 6.45) is 2.17. The minimum atomic E-state index is -1.18. The first-order valence-corrected chi connectivity index (χ1v) is 8.45. The molecule has 1 heterocycles. The van der Waals surface area contributed by atoms with Gasteiger partial charge in [-0.1, -0.05) is 30.3 Å². The lowest BCUT2D eigenvalue weighted by Crippen LogP contribution is -2.32. The number of methoxy groups -OCH3 is 2. The summed E-state index contributed by atoms with van der Waals surface area (Å²) >= 11 is 0. The quantitative estimate of drug-likeness (QED) is 0.533. The van der Waals surface area contributed by atoms with Crippen molar-refractivity contribution in [2.24, 2.45) is 5.41 Å². The van der Waals surface area contributed by atoms with E-state index < -0.39 is 11.4 Å². The Kier molecular flexibility index (Phi) is 3.80. The van der Waals surface area contributed by atoms with Gasteiger partial charge in [-0.15, -0.1) is 0 Å². The van der Waals surface area contributed by atoms with Crippen molar-refractivity contribution in [3.05, 3.63) is 66.4 Å². The maximum absolute atomic E-state index is 13.3. The molecule has 0 N–H and O–H groups in total. The van der Waals surface area contributed by atoms with E-state index in [1.165, 1.54) is 7.11 Å². The fraction of sp³-hybridized carbons (Fsp3) is 0.238. The molecule has 2 unspecified atom stereocenters. The number of esters is 1. The van der Waals surface area contributed by atoms with Crippen molar-refractivity contribution >= 4 is 22.8 Å². The van der Waals surface area contributed by atoms with Gasteiger partial charge in [-0.2, -0.15) is 0 Å². The number of aromatic nitrogens is 1. The summed E-state index contributed by atoms with van der Waals surface area (Å²) in [6.45, 7) is 0. The smallest absolute Gasteiger partial charge is 0.322 e. The van der Waals surface area contributed by atoms with Gasteiger partial charge in [-0.05, 0) is 36.2 Å². The Morgan fingerprint density at radius 2 is 1.77 bits per heavy atom. The number of fused-ring (bicyclic) bond motifs is 1. The highest BCUT2D eigenvalue weighted by atomic mass is 16.5. The highest BCUT2D eigenvalue weighted by molar-refractivity contribution is 6.11. The molecule has 4 rings (SSSR count). The molecule has 0 saturated heterocycles. The zero-order chi connectivity index (χ0) is 18.3. The number of ether oxygens (including phenoxy) is 2. The summed E-state index contributed by atoms with van der Waals surface area (Å²) in [5.74, 6) is -0.192. The minimum Gasteiger partial charge on any atom is -0.497 e. The van der Waals surface area contributed by atoms with Crippen molar-refractivity contribution in [3.63, 3.8) is 0 Å². The molecule has 3 aromatic rings. The molecule has 0 aliphatic heterocycles. The van der Waals surface area contributed by atoms with Gasteiger partial charge in [0, 0.05) is 17.5 Å². The molecule has 5 heteroatoms. The Balaban J connectivity index is 1.74. The maximum Gasteiger partial charge on any atom is 0.322 e. The molecule has 5 nitrogen and oxygen atoms in total. The number of hydrogen-bond acceptors (Lipinski definition) is 4. The normalized spacial score (nSPS) is 21.4. The van der Waals surface area contributed by atoms with Crippen molar-refractivity contribution in [1.29, 1.82) is 0 Å². The highest BCUT2D eigenvalue weighted by Crippen LogP contribution is 2.61. The number of rotatable bonds is 4. The second-order valence-electron chi connectivity index (χ2n) is 6.54. The largest absolute Gasteiger partial charge is 0.497 e. The molecule has 0 amide bonds. The molecule has 2 atom stereocenters. The molecule has 0 radical (unpaired) electrons. The molecule has 26 heavy (non-hydrogen) atoms. The van der Waals surface area contributed by atoms with Gasteiger partial charge in [0.2, 0.25) is 5.91 Å². The van der Waals surface area contributed by atoms with E-state index in [2.05, 4.69) is 0 Å². The van der Waals surface area contributed by atoms with Crippen LogP contribution in [0, 0.1) is 5.41 Å². The van der Waals surface area contributed by atoms with Crippen molar-refractivity contribution < 1.29 is 19.1 Å². The molecule has 0 spiro atoms. The fourth-order valence-electron chi connectivity index (χ4n) is 3.71. The predicted molar refractivity (Wildman–Crippen MR) is 97.4 cm³/mol. The van der Waals surface area contributed by atoms with Crippen molar-refractivity contribution in [2.45, 2.75) is 12.3 Å². The van der Waals surface area contributed by atoms with Gasteiger partial charge in [0.15, 0.2) is 5.41 Å². The van der Waals surface area contributed by atoms with E-state index in [4.69, 9.17) is 9.47 Å². The van der Waals surface area contributed by atoms with Crippen LogP contribution in [0.4, 0.5) is 0 Å². The molecular weight excluding hydrogens is 330 g/mol. The second kappa shape index (κ2) is 6.02. The minimum absolute atomic E-state index is 0.200. The SMILES string of the molecule is COC(=O)C1(C(=O)n2ccc3ccccc32)CC1c1ccc(OC)cc1. The summed E-state index contributed by atoms with van der Waals surface area (Å²) in [5.41, 5.74) is 0.549. The zero-order valence-corrected chi connectivity index (χ0v) is 14.6. The maximum atomic E-state index is 13.3. The van der Waals surface area contributed by atoms with Crippen LogP contribution in [-0.2, 0) is 9.53 Å². The van der Waals surface area contributed by atoms with Crippen LogP contribution in [0.1, 0.15) is 22.7 Å². The number of carbonyl (C=O) groups is 2. The number of hydrogen-bond donors (Lipinski definition) is 0. The molecule has 1 aliphatic rings. The Hall–Kier alpha value is -3.08. The lowest BCUT2D eigenvalue weighted by atomic mass is 9.97. The topological polar surface area (TPSA) is 57.5 Å².